The second-order valence-electron chi connectivity index (χ2n) is 9.96. The fraction of sp³-hybridized carbons (Fsp3) is 0.419. The maximum absolute atomic E-state index is 6.33. The zero-order chi connectivity index (χ0) is 22.8. The molecule has 0 N–H and O–H groups in total. The first kappa shape index (κ1) is 23.7. The Balaban J connectivity index is 1.39. The summed E-state index contributed by atoms with van der Waals surface area (Å²) < 4.78 is 12.7. The van der Waals surface area contributed by atoms with Gasteiger partial charge in [-0.3, -0.25) is 0 Å². The third kappa shape index (κ3) is 7.28. The first-order chi connectivity index (χ1) is 16.2. The van der Waals surface area contributed by atoms with E-state index in [9.17, 15) is 0 Å². The number of aryl methyl sites for hydroxylation is 1. The second-order valence-corrected chi connectivity index (χ2v) is 9.96. The van der Waals surface area contributed by atoms with Crippen LogP contribution in [0.4, 0.5) is 0 Å². The van der Waals surface area contributed by atoms with E-state index in [1.54, 1.807) is 0 Å². The van der Waals surface area contributed by atoms with Crippen molar-refractivity contribution in [3.05, 3.63) is 108 Å². The Morgan fingerprint density at radius 2 is 1.18 bits per heavy atom. The van der Waals surface area contributed by atoms with Gasteiger partial charge in [-0.25, -0.2) is 0 Å². The highest BCUT2D eigenvalue weighted by molar-refractivity contribution is 5.15. The average Bonchev–Trinajstić information content (AvgIpc) is 2.87. The SMILES string of the molecule is C[C@@H]1CCC(COCc2ccccc2)(COCc2ccccc2)C[C@H]1CCc1ccccc1. The number of hydrogen-bond acceptors (Lipinski definition) is 2. The molecule has 0 bridgehead atoms. The van der Waals surface area contributed by atoms with Crippen LogP contribution in [0.1, 0.15) is 49.3 Å². The molecule has 1 fully saturated rings. The summed E-state index contributed by atoms with van der Waals surface area (Å²) in [6, 6.07) is 31.9. The molecule has 0 unspecified atom stereocenters. The largest absolute Gasteiger partial charge is 0.376 e. The number of ether oxygens (including phenoxy) is 2. The van der Waals surface area contributed by atoms with Gasteiger partial charge in [0.15, 0.2) is 0 Å². The Morgan fingerprint density at radius 1 is 0.697 bits per heavy atom. The second kappa shape index (κ2) is 12.2. The van der Waals surface area contributed by atoms with Crippen molar-refractivity contribution in [3.63, 3.8) is 0 Å². The van der Waals surface area contributed by atoms with Crippen LogP contribution in [0.2, 0.25) is 0 Å². The van der Waals surface area contributed by atoms with Gasteiger partial charge < -0.3 is 9.47 Å². The molecule has 0 heterocycles. The first-order valence-electron chi connectivity index (χ1n) is 12.5. The first-order valence-corrected chi connectivity index (χ1v) is 12.5. The summed E-state index contributed by atoms with van der Waals surface area (Å²) in [6.45, 7) is 5.32. The van der Waals surface area contributed by atoms with Crippen molar-refractivity contribution in [2.45, 2.75) is 52.2 Å². The predicted molar refractivity (Wildman–Crippen MR) is 136 cm³/mol. The molecule has 2 heteroatoms. The highest BCUT2D eigenvalue weighted by Gasteiger charge is 2.39. The lowest BCUT2D eigenvalue weighted by Gasteiger charge is -2.44. The third-order valence-corrected chi connectivity index (χ3v) is 7.32. The summed E-state index contributed by atoms with van der Waals surface area (Å²) in [5.41, 5.74) is 4.02. The summed E-state index contributed by atoms with van der Waals surface area (Å²) >= 11 is 0. The average molecular weight is 443 g/mol. The Bertz CT molecular complexity index is 877. The molecule has 0 aromatic heterocycles. The molecule has 0 amide bonds. The molecule has 0 spiro atoms. The molecule has 174 valence electrons. The van der Waals surface area contributed by atoms with Gasteiger partial charge in [0, 0.05) is 5.41 Å². The maximum atomic E-state index is 6.33. The van der Waals surface area contributed by atoms with Crippen LogP contribution in [0.3, 0.4) is 0 Å². The van der Waals surface area contributed by atoms with Gasteiger partial charge in [0.1, 0.15) is 0 Å². The van der Waals surface area contributed by atoms with Crippen LogP contribution >= 0.6 is 0 Å². The Hall–Kier alpha value is -2.42. The monoisotopic (exact) mass is 442 g/mol. The Labute approximate surface area is 200 Å². The summed E-state index contributed by atoms with van der Waals surface area (Å²) in [4.78, 5) is 0. The van der Waals surface area contributed by atoms with E-state index in [4.69, 9.17) is 9.47 Å². The molecule has 0 aliphatic heterocycles. The lowest BCUT2D eigenvalue weighted by atomic mass is 9.65. The number of benzene rings is 3. The molecule has 0 radical (unpaired) electrons. The van der Waals surface area contributed by atoms with E-state index in [1.807, 2.05) is 0 Å². The maximum Gasteiger partial charge on any atom is 0.0717 e. The minimum atomic E-state index is 0.0947. The van der Waals surface area contributed by atoms with Crippen LogP contribution in [0.5, 0.6) is 0 Å². The molecule has 3 aromatic carbocycles. The van der Waals surface area contributed by atoms with Crippen LogP contribution in [-0.4, -0.2) is 13.2 Å². The van der Waals surface area contributed by atoms with Gasteiger partial charge in [-0.15, -0.1) is 0 Å². The summed E-state index contributed by atoms with van der Waals surface area (Å²) in [6.07, 6.45) is 6.01. The van der Waals surface area contributed by atoms with Gasteiger partial charge in [0.25, 0.3) is 0 Å². The van der Waals surface area contributed by atoms with Crippen LogP contribution in [0, 0.1) is 17.3 Å². The lowest BCUT2D eigenvalue weighted by molar-refractivity contribution is -0.0716. The minimum Gasteiger partial charge on any atom is -0.376 e. The summed E-state index contributed by atoms with van der Waals surface area (Å²) in [5, 5.41) is 0. The van der Waals surface area contributed by atoms with E-state index < -0.39 is 0 Å². The van der Waals surface area contributed by atoms with E-state index in [1.165, 1.54) is 42.4 Å². The van der Waals surface area contributed by atoms with Gasteiger partial charge >= 0.3 is 0 Å². The number of rotatable bonds is 11. The minimum absolute atomic E-state index is 0.0947. The molecule has 3 aromatic rings. The van der Waals surface area contributed by atoms with Crippen molar-refractivity contribution in [1.29, 1.82) is 0 Å². The zero-order valence-corrected chi connectivity index (χ0v) is 20.0. The fourth-order valence-corrected chi connectivity index (χ4v) is 5.24. The standard InChI is InChI=1S/C31H38O2/c1-26-19-20-31(24-32-22-28-13-7-3-8-14-28,25-33-23-29-15-9-4-10-16-29)21-30(26)18-17-27-11-5-2-6-12-27/h2-16,26,30H,17-25H2,1H3/t26-,30-/m1/s1. The summed E-state index contributed by atoms with van der Waals surface area (Å²) in [5.74, 6) is 1.46. The molecule has 1 aliphatic carbocycles. The molecular formula is C31H38O2. The molecular weight excluding hydrogens is 404 g/mol. The molecule has 2 nitrogen and oxygen atoms in total. The van der Waals surface area contributed by atoms with E-state index in [0.717, 1.165) is 25.6 Å². The Kier molecular flexibility index (Phi) is 8.74. The van der Waals surface area contributed by atoms with Crippen LogP contribution in [-0.2, 0) is 29.1 Å². The Morgan fingerprint density at radius 3 is 1.70 bits per heavy atom. The fourth-order valence-electron chi connectivity index (χ4n) is 5.24. The van der Waals surface area contributed by atoms with Crippen LogP contribution in [0.25, 0.3) is 0 Å². The molecule has 33 heavy (non-hydrogen) atoms. The van der Waals surface area contributed by atoms with Gasteiger partial charge in [0.2, 0.25) is 0 Å². The molecule has 1 aliphatic rings. The van der Waals surface area contributed by atoms with E-state index >= 15 is 0 Å². The van der Waals surface area contributed by atoms with Crippen molar-refractivity contribution in [3.8, 4) is 0 Å². The van der Waals surface area contributed by atoms with Crippen LogP contribution < -0.4 is 0 Å². The van der Waals surface area contributed by atoms with Crippen molar-refractivity contribution in [1.82, 2.24) is 0 Å². The molecule has 2 atom stereocenters. The van der Waals surface area contributed by atoms with Crippen molar-refractivity contribution >= 4 is 0 Å². The molecule has 0 saturated heterocycles. The molecule has 1 saturated carbocycles. The topological polar surface area (TPSA) is 18.5 Å². The summed E-state index contributed by atoms with van der Waals surface area (Å²) in [7, 11) is 0. The van der Waals surface area contributed by atoms with E-state index in [2.05, 4.69) is 97.9 Å². The van der Waals surface area contributed by atoms with Crippen molar-refractivity contribution < 1.29 is 9.47 Å². The van der Waals surface area contributed by atoms with E-state index in [0.29, 0.717) is 19.1 Å². The quantitative estimate of drug-likeness (QED) is 0.306. The third-order valence-electron chi connectivity index (χ3n) is 7.32. The lowest BCUT2D eigenvalue weighted by Crippen LogP contribution is -2.40. The smallest absolute Gasteiger partial charge is 0.0717 e. The van der Waals surface area contributed by atoms with Gasteiger partial charge in [-0.05, 0) is 60.6 Å². The normalized spacial score (nSPS) is 19.9. The predicted octanol–water partition coefficient (Wildman–Crippen LogP) is 7.48. The van der Waals surface area contributed by atoms with Crippen LogP contribution in [0.15, 0.2) is 91.0 Å². The zero-order valence-electron chi connectivity index (χ0n) is 20.0. The van der Waals surface area contributed by atoms with Crippen molar-refractivity contribution in [2.75, 3.05) is 13.2 Å². The van der Waals surface area contributed by atoms with Gasteiger partial charge in [-0.2, -0.15) is 0 Å². The van der Waals surface area contributed by atoms with Gasteiger partial charge in [0.05, 0.1) is 26.4 Å². The number of hydrogen-bond donors (Lipinski definition) is 0. The van der Waals surface area contributed by atoms with Crippen molar-refractivity contribution in [2.24, 2.45) is 17.3 Å². The highest BCUT2D eigenvalue weighted by atomic mass is 16.5. The highest BCUT2D eigenvalue weighted by Crippen LogP contribution is 2.45. The van der Waals surface area contributed by atoms with E-state index in [-0.39, 0.29) is 5.41 Å². The molecule has 4 rings (SSSR count). The van der Waals surface area contributed by atoms with Gasteiger partial charge in [-0.1, -0.05) is 97.9 Å².